The van der Waals surface area contributed by atoms with Crippen molar-refractivity contribution in [1.82, 2.24) is 0 Å². The van der Waals surface area contributed by atoms with Crippen LogP contribution >= 0.6 is 0 Å². The number of nitriles is 1. The van der Waals surface area contributed by atoms with Crippen LogP contribution in [0.5, 0.6) is 0 Å². The van der Waals surface area contributed by atoms with Crippen LogP contribution in [0.25, 0.3) is 0 Å². The highest BCUT2D eigenvalue weighted by Crippen LogP contribution is 1.93. The quantitative estimate of drug-likeness (QED) is 0.403. The fourth-order valence-corrected chi connectivity index (χ4v) is 0.458. The average Bonchev–Trinajstić information content (AvgIpc) is 1.81. The Kier molecular flexibility index (Phi) is 5.63. The summed E-state index contributed by atoms with van der Waals surface area (Å²) in [4.78, 5) is 0. The summed E-state index contributed by atoms with van der Waals surface area (Å²) in [6.07, 6.45) is 6.89. The molecule has 0 spiro atoms. The molecule has 1 nitrogen and oxygen atoms in total. The van der Waals surface area contributed by atoms with Crippen LogP contribution in [0.3, 0.4) is 0 Å². The third-order valence-electron chi connectivity index (χ3n) is 0.917. The van der Waals surface area contributed by atoms with Gasteiger partial charge in [-0.25, -0.2) is 0 Å². The highest BCUT2D eigenvalue weighted by atomic mass is 14.2. The second-order valence-corrected chi connectivity index (χ2v) is 1.67. The van der Waals surface area contributed by atoms with Gasteiger partial charge in [0.05, 0.1) is 6.07 Å². The van der Waals surface area contributed by atoms with Gasteiger partial charge in [-0.1, -0.05) is 25.8 Å². The van der Waals surface area contributed by atoms with Gasteiger partial charge in [-0.05, 0) is 6.42 Å². The van der Waals surface area contributed by atoms with Gasteiger partial charge in [-0.15, -0.1) is 0 Å². The Hall–Kier alpha value is -0.770. The summed E-state index contributed by atoms with van der Waals surface area (Å²) < 4.78 is 0. The molecule has 0 unspecified atom stereocenters. The number of hydrogen-bond acceptors (Lipinski definition) is 1. The van der Waals surface area contributed by atoms with E-state index in [1.165, 1.54) is 18.9 Å². The van der Waals surface area contributed by atoms with E-state index in [1.807, 2.05) is 12.1 Å². The predicted molar refractivity (Wildman–Crippen MR) is 34.3 cm³/mol. The van der Waals surface area contributed by atoms with Gasteiger partial charge in [0.15, 0.2) is 0 Å². The minimum absolute atomic E-state index is 1.05. The van der Waals surface area contributed by atoms with Crippen LogP contribution in [0.4, 0.5) is 0 Å². The molecular formula is C7H11N. The summed E-state index contributed by atoms with van der Waals surface area (Å²) in [7, 11) is 0. The van der Waals surface area contributed by atoms with E-state index in [-0.39, 0.29) is 0 Å². The summed E-state index contributed by atoms with van der Waals surface area (Å²) in [5, 5.41) is 8.03. The molecule has 1 heteroatoms. The van der Waals surface area contributed by atoms with Crippen molar-refractivity contribution >= 4 is 0 Å². The number of hydrogen-bond donors (Lipinski definition) is 0. The molecule has 44 valence electrons. The first-order valence-corrected chi connectivity index (χ1v) is 2.96. The van der Waals surface area contributed by atoms with E-state index in [1.54, 1.807) is 0 Å². The molecule has 0 rings (SSSR count). The second-order valence-electron chi connectivity index (χ2n) is 1.67. The fraction of sp³-hybridized carbons (Fsp3) is 0.571. The van der Waals surface area contributed by atoms with Gasteiger partial charge in [0.2, 0.25) is 0 Å². The molecule has 0 bridgehead atoms. The largest absolute Gasteiger partial charge is 0.193 e. The van der Waals surface area contributed by atoms with Crippen molar-refractivity contribution in [3.05, 3.63) is 12.2 Å². The summed E-state index contributed by atoms with van der Waals surface area (Å²) in [6.45, 7) is 2.14. The number of allylic oxidation sites excluding steroid dienone is 2. The van der Waals surface area contributed by atoms with Crippen LogP contribution in [0.15, 0.2) is 12.2 Å². The van der Waals surface area contributed by atoms with Crippen molar-refractivity contribution in [1.29, 1.82) is 5.26 Å². The highest BCUT2D eigenvalue weighted by Gasteiger charge is 1.74. The second kappa shape index (κ2) is 6.23. The van der Waals surface area contributed by atoms with Gasteiger partial charge in [-0.2, -0.15) is 5.26 Å². The molecule has 0 aromatic rings. The van der Waals surface area contributed by atoms with E-state index in [2.05, 4.69) is 6.92 Å². The molecule has 0 radical (unpaired) electrons. The molecule has 0 aromatic heterocycles. The molecule has 0 aliphatic rings. The van der Waals surface area contributed by atoms with E-state index in [4.69, 9.17) is 5.26 Å². The number of nitrogens with zero attached hydrogens (tertiary/aromatic N) is 1. The van der Waals surface area contributed by atoms with Crippen molar-refractivity contribution in [2.45, 2.75) is 26.2 Å². The molecular weight excluding hydrogens is 98.1 g/mol. The molecule has 0 heterocycles. The van der Waals surface area contributed by atoms with Gasteiger partial charge >= 0.3 is 0 Å². The zero-order valence-corrected chi connectivity index (χ0v) is 5.22. The standard InChI is InChI=1S/C7H11N/c1-2-3-4-5-6-7-8/h5-6H,2-4H2,1H3/b6-5-. The Morgan fingerprint density at radius 1 is 1.62 bits per heavy atom. The molecule has 0 fully saturated rings. The van der Waals surface area contributed by atoms with Crippen LogP contribution in [0.2, 0.25) is 0 Å². The normalized spacial score (nSPS) is 9.50. The number of rotatable bonds is 3. The minimum atomic E-state index is 1.05. The summed E-state index contributed by atoms with van der Waals surface area (Å²) in [5.41, 5.74) is 0. The van der Waals surface area contributed by atoms with Gasteiger partial charge in [0.1, 0.15) is 0 Å². The predicted octanol–water partition coefficient (Wildman–Crippen LogP) is 2.26. The van der Waals surface area contributed by atoms with Crippen molar-refractivity contribution in [3.63, 3.8) is 0 Å². The lowest BCUT2D eigenvalue weighted by Gasteiger charge is -1.83. The Morgan fingerprint density at radius 3 is 2.88 bits per heavy atom. The van der Waals surface area contributed by atoms with Crippen LogP contribution in [0, 0.1) is 11.3 Å². The SMILES string of the molecule is CCCC/C=C\C#N. The lowest BCUT2D eigenvalue weighted by molar-refractivity contribution is 0.815. The maximum Gasteiger partial charge on any atom is 0.0908 e. The van der Waals surface area contributed by atoms with Crippen molar-refractivity contribution in [2.75, 3.05) is 0 Å². The zero-order valence-electron chi connectivity index (χ0n) is 5.22. The third-order valence-corrected chi connectivity index (χ3v) is 0.917. The Bertz CT molecular complexity index is 97.4. The van der Waals surface area contributed by atoms with E-state index >= 15 is 0 Å². The molecule has 8 heavy (non-hydrogen) atoms. The third kappa shape index (κ3) is 5.23. The molecule has 0 aromatic carbocycles. The van der Waals surface area contributed by atoms with Gasteiger partial charge < -0.3 is 0 Å². The first kappa shape index (κ1) is 7.23. The highest BCUT2D eigenvalue weighted by molar-refractivity contribution is 5.01. The average molecular weight is 109 g/mol. The summed E-state index contributed by atoms with van der Waals surface area (Å²) >= 11 is 0. The fourth-order valence-electron chi connectivity index (χ4n) is 0.458. The Morgan fingerprint density at radius 2 is 2.38 bits per heavy atom. The molecule has 0 saturated carbocycles. The van der Waals surface area contributed by atoms with E-state index in [0.717, 1.165) is 6.42 Å². The maximum absolute atomic E-state index is 8.03. The van der Waals surface area contributed by atoms with E-state index in [0.29, 0.717) is 0 Å². The molecule has 0 aliphatic carbocycles. The van der Waals surface area contributed by atoms with E-state index < -0.39 is 0 Å². The summed E-state index contributed by atoms with van der Waals surface area (Å²) in [6, 6.07) is 1.95. The van der Waals surface area contributed by atoms with Crippen LogP contribution in [-0.2, 0) is 0 Å². The molecule has 0 saturated heterocycles. The molecule has 0 atom stereocenters. The Balaban J connectivity index is 2.94. The smallest absolute Gasteiger partial charge is 0.0908 e. The topological polar surface area (TPSA) is 23.8 Å². The van der Waals surface area contributed by atoms with Crippen molar-refractivity contribution in [2.24, 2.45) is 0 Å². The minimum Gasteiger partial charge on any atom is -0.193 e. The van der Waals surface area contributed by atoms with Gasteiger partial charge in [0.25, 0.3) is 0 Å². The Labute approximate surface area is 50.6 Å². The lowest BCUT2D eigenvalue weighted by Crippen LogP contribution is -1.64. The summed E-state index contributed by atoms with van der Waals surface area (Å²) in [5.74, 6) is 0. The molecule has 0 amide bonds. The molecule has 0 aliphatic heterocycles. The van der Waals surface area contributed by atoms with Gasteiger partial charge in [0, 0.05) is 6.08 Å². The molecule has 0 N–H and O–H groups in total. The van der Waals surface area contributed by atoms with Crippen LogP contribution < -0.4 is 0 Å². The monoisotopic (exact) mass is 109 g/mol. The zero-order chi connectivity index (χ0) is 6.24. The van der Waals surface area contributed by atoms with Gasteiger partial charge in [-0.3, -0.25) is 0 Å². The first-order chi connectivity index (χ1) is 3.91. The maximum atomic E-state index is 8.03. The van der Waals surface area contributed by atoms with Crippen molar-refractivity contribution < 1.29 is 0 Å². The van der Waals surface area contributed by atoms with Crippen LogP contribution in [-0.4, -0.2) is 0 Å². The van der Waals surface area contributed by atoms with Crippen LogP contribution in [0.1, 0.15) is 26.2 Å². The lowest BCUT2D eigenvalue weighted by atomic mass is 10.2. The number of unbranched alkanes of at least 4 members (excludes halogenated alkanes) is 2. The van der Waals surface area contributed by atoms with Crippen molar-refractivity contribution in [3.8, 4) is 6.07 Å². The van der Waals surface area contributed by atoms with E-state index in [9.17, 15) is 0 Å². The first-order valence-electron chi connectivity index (χ1n) is 2.96.